The minimum Gasteiger partial charge on any atom is -0.384 e. The zero-order valence-corrected chi connectivity index (χ0v) is 14.0. The summed E-state index contributed by atoms with van der Waals surface area (Å²) in [5.74, 6) is 0.0164. The third-order valence-corrected chi connectivity index (χ3v) is 6.18. The average Bonchev–Trinajstić information content (AvgIpc) is 3.32. The summed E-state index contributed by atoms with van der Waals surface area (Å²) in [5, 5.41) is 13.4. The van der Waals surface area contributed by atoms with Crippen molar-refractivity contribution in [3.05, 3.63) is 51.7 Å². The van der Waals surface area contributed by atoms with Crippen molar-refractivity contribution < 1.29 is 9.90 Å². The fourth-order valence-corrected chi connectivity index (χ4v) is 4.79. The summed E-state index contributed by atoms with van der Waals surface area (Å²) in [6.45, 7) is 0.698. The fourth-order valence-electron chi connectivity index (χ4n) is 3.10. The smallest absolute Gasteiger partial charge is 0.264 e. The molecule has 118 valence electrons. The Kier molecular flexibility index (Phi) is 3.88. The Morgan fingerprint density at radius 1 is 1.30 bits per heavy atom. The van der Waals surface area contributed by atoms with Gasteiger partial charge in [-0.3, -0.25) is 4.79 Å². The lowest BCUT2D eigenvalue weighted by molar-refractivity contribution is 0.0490. The number of carbonyl (C=O) groups excluding carboxylic acids is 1. The van der Waals surface area contributed by atoms with E-state index in [1.165, 1.54) is 22.7 Å². The molecule has 3 heterocycles. The van der Waals surface area contributed by atoms with E-state index in [0.29, 0.717) is 11.6 Å². The highest BCUT2D eigenvalue weighted by atomic mass is 32.1. The molecule has 4 rings (SSSR count). The topological polar surface area (TPSA) is 53.4 Å². The zero-order chi connectivity index (χ0) is 15.8. The molecule has 0 radical (unpaired) electrons. The molecule has 1 aliphatic rings. The van der Waals surface area contributed by atoms with Crippen LogP contribution in [0.3, 0.4) is 0 Å². The van der Waals surface area contributed by atoms with Crippen molar-refractivity contribution in [3.8, 4) is 0 Å². The maximum Gasteiger partial charge on any atom is 0.264 e. The molecule has 0 unspecified atom stereocenters. The number of amides is 1. The van der Waals surface area contributed by atoms with Gasteiger partial charge in [-0.05, 0) is 36.4 Å². The lowest BCUT2D eigenvalue weighted by Crippen LogP contribution is -2.38. The molecule has 2 aromatic heterocycles. The first kappa shape index (κ1) is 14.8. The van der Waals surface area contributed by atoms with Gasteiger partial charge < -0.3 is 10.0 Å². The van der Waals surface area contributed by atoms with Crippen LogP contribution in [0.15, 0.2) is 41.8 Å². The van der Waals surface area contributed by atoms with Gasteiger partial charge in [0.1, 0.15) is 11.1 Å². The summed E-state index contributed by atoms with van der Waals surface area (Å²) in [6, 6.07) is 11.4. The monoisotopic (exact) mass is 344 g/mol. The zero-order valence-electron chi connectivity index (χ0n) is 12.4. The molecule has 0 aliphatic carbocycles. The Morgan fingerprint density at radius 2 is 2.17 bits per heavy atom. The molecule has 0 bridgehead atoms. The van der Waals surface area contributed by atoms with Crippen LogP contribution < -0.4 is 0 Å². The van der Waals surface area contributed by atoms with Crippen molar-refractivity contribution in [1.29, 1.82) is 0 Å². The number of thiazole rings is 1. The largest absolute Gasteiger partial charge is 0.384 e. The van der Waals surface area contributed by atoms with Crippen molar-refractivity contribution >= 4 is 38.8 Å². The van der Waals surface area contributed by atoms with Crippen molar-refractivity contribution in [2.24, 2.45) is 0 Å². The quantitative estimate of drug-likeness (QED) is 0.788. The number of hydrogen-bond donors (Lipinski definition) is 1. The summed E-state index contributed by atoms with van der Waals surface area (Å²) < 4.78 is 1.07. The number of likely N-dealkylation sites (tertiary alicyclic amines) is 1. The summed E-state index contributed by atoms with van der Waals surface area (Å²) in [4.78, 5) is 19.7. The van der Waals surface area contributed by atoms with Gasteiger partial charge in [-0.15, -0.1) is 22.7 Å². The second kappa shape index (κ2) is 6.03. The molecule has 0 saturated carbocycles. The maximum atomic E-state index is 12.6. The van der Waals surface area contributed by atoms with Crippen LogP contribution in [-0.4, -0.2) is 33.5 Å². The Labute approximate surface area is 142 Å². The normalized spacial score (nSPS) is 19.3. The molecule has 1 amide bonds. The molecule has 1 N–H and O–H groups in total. The maximum absolute atomic E-state index is 12.6. The molecule has 1 aromatic carbocycles. The van der Waals surface area contributed by atoms with Crippen LogP contribution in [0.5, 0.6) is 0 Å². The summed E-state index contributed by atoms with van der Waals surface area (Å²) >= 11 is 2.95. The van der Waals surface area contributed by atoms with Crippen LogP contribution in [0.2, 0.25) is 0 Å². The van der Waals surface area contributed by atoms with E-state index in [2.05, 4.69) is 4.98 Å². The number of para-hydroxylation sites is 1. The molecule has 1 saturated heterocycles. The minimum atomic E-state index is -0.723. The number of benzene rings is 1. The first-order valence-corrected chi connectivity index (χ1v) is 9.31. The van der Waals surface area contributed by atoms with Crippen LogP contribution in [0, 0.1) is 0 Å². The van der Waals surface area contributed by atoms with Gasteiger partial charge >= 0.3 is 0 Å². The van der Waals surface area contributed by atoms with Crippen molar-refractivity contribution in [3.63, 3.8) is 0 Å². The second-order valence-electron chi connectivity index (χ2n) is 5.65. The van der Waals surface area contributed by atoms with Crippen molar-refractivity contribution in [2.75, 3.05) is 6.54 Å². The van der Waals surface area contributed by atoms with Crippen molar-refractivity contribution in [2.45, 2.75) is 25.0 Å². The highest BCUT2D eigenvalue weighted by Gasteiger charge is 2.36. The van der Waals surface area contributed by atoms with E-state index < -0.39 is 6.10 Å². The Balaban J connectivity index is 1.61. The highest BCUT2D eigenvalue weighted by Crippen LogP contribution is 2.34. The number of rotatable bonds is 3. The Hall–Kier alpha value is -1.76. The fraction of sp³-hybridized carbons (Fsp3) is 0.294. The number of aliphatic hydroxyl groups excluding tert-OH is 1. The lowest BCUT2D eigenvalue weighted by Gasteiger charge is -2.27. The van der Waals surface area contributed by atoms with Crippen LogP contribution >= 0.6 is 22.7 Å². The van der Waals surface area contributed by atoms with Crippen LogP contribution in [-0.2, 0) is 0 Å². The minimum absolute atomic E-state index is 0.0164. The first-order valence-electron chi connectivity index (χ1n) is 7.62. The molecule has 23 heavy (non-hydrogen) atoms. The molecule has 0 spiro atoms. The van der Waals surface area contributed by atoms with Gasteiger partial charge in [0.25, 0.3) is 5.91 Å². The van der Waals surface area contributed by atoms with Gasteiger partial charge in [-0.25, -0.2) is 4.98 Å². The van der Waals surface area contributed by atoms with Gasteiger partial charge in [-0.2, -0.15) is 0 Å². The van der Waals surface area contributed by atoms with Gasteiger partial charge in [0.2, 0.25) is 0 Å². The Morgan fingerprint density at radius 3 is 2.96 bits per heavy atom. The van der Waals surface area contributed by atoms with Gasteiger partial charge in [0.05, 0.1) is 21.1 Å². The van der Waals surface area contributed by atoms with E-state index in [-0.39, 0.29) is 11.9 Å². The second-order valence-corrected chi connectivity index (χ2v) is 7.66. The summed E-state index contributed by atoms with van der Waals surface area (Å²) in [6.07, 6.45) is 1.01. The number of thiophene rings is 1. The summed E-state index contributed by atoms with van der Waals surface area (Å²) in [5.41, 5.74) is 0.903. The molecule has 1 aliphatic heterocycles. The van der Waals surface area contributed by atoms with E-state index in [1.807, 2.05) is 46.7 Å². The van der Waals surface area contributed by atoms with Gasteiger partial charge in [-0.1, -0.05) is 18.2 Å². The number of aromatic nitrogens is 1. The molecule has 6 heteroatoms. The first-order chi connectivity index (χ1) is 11.2. The standard InChI is InChI=1S/C17H16N2O2S2/c20-15(16-18-11-5-1-2-7-13(11)23-16)12-6-3-9-19(12)17(21)14-8-4-10-22-14/h1-2,4-5,7-8,10,12,15,20H,3,6,9H2/t12-,15+/m1/s1. The molecule has 4 nitrogen and oxygen atoms in total. The van der Waals surface area contributed by atoms with Crippen LogP contribution in [0.4, 0.5) is 0 Å². The third-order valence-electron chi connectivity index (χ3n) is 4.22. The molecule has 3 aromatic rings. The Bertz CT molecular complexity index is 795. The van der Waals surface area contributed by atoms with E-state index >= 15 is 0 Å². The van der Waals surface area contributed by atoms with E-state index in [4.69, 9.17) is 0 Å². The average molecular weight is 344 g/mol. The van der Waals surface area contributed by atoms with E-state index in [1.54, 1.807) is 0 Å². The molecule has 2 atom stereocenters. The number of fused-ring (bicyclic) bond motifs is 1. The van der Waals surface area contributed by atoms with Gasteiger partial charge in [0.15, 0.2) is 0 Å². The molecular weight excluding hydrogens is 328 g/mol. The van der Waals surface area contributed by atoms with Gasteiger partial charge in [0, 0.05) is 6.54 Å². The van der Waals surface area contributed by atoms with Crippen LogP contribution in [0.25, 0.3) is 10.2 Å². The molecular formula is C17H16N2O2S2. The number of aliphatic hydroxyl groups is 1. The molecule has 1 fully saturated rings. The lowest BCUT2D eigenvalue weighted by atomic mass is 10.1. The number of hydrogen-bond acceptors (Lipinski definition) is 5. The highest BCUT2D eigenvalue weighted by molar-refractivity contribution is 7.18. The van der Waals surface area contributed by atoms with E-state index in [0.717, 1.165) is 27.9 Å². The van der Waals surface area contributed by atoms with Crippen LogP contribution in [0.1, 0.15) is 33.6 Å². The predicted molar refractivity (Wildman–Crippen MR) is 93.0 cm³/mol. The van der Waals surface area contributed by atoms with E-state index in [9.17, 15) is 9.90 Å². The number of nitrogens with zero attached hydrogens (tertiary/aromatic N) is 2. The summed E-state index contributed by atoms with van der Waals surface area (Å²) in [7, 11) is 0. The SMILES string of the molecule is O=C(c1cccs1)N1CCC[C@@H]1[C@H](O)c1nc2ccccc2s1. The number of carbonyl (C=O) groups is 1. The van der Waals surface area contributed by atoms with Crippen molar-refractivity contribution in [1.82, 2.24) is 9.88 Å². The third kappa shape index (κ3) is 2.67. The predicted octanol–water partition coefficient (Wildman–Crippen LogP) is 3.70.